The Balaban J connectivity index is 1.86. The minimum atomic E-state index is -0.560. The smallest absolute Gasteiger partial charge is 0.325 e. The lowest BCUT2D eigenvalue weighted by atomic mass is 10.1. The van der Waals surface area contributed by atoms with Crippen molar-refractivity contribution in [3.05, 3.63) is 61.9 Å². The van der Waals surface area contributed by atoms with E-state index in [1.807, 2.05) is 38.1 Å². The van der Waals surface area contributed by atoms with Crippen LogP contribution in [0.15, 0.2) is 39.0 Å². The largest absolute Gasteiger partial charge is 0.491 e. The number of ether oxygens (including phenoxy) is 1. The summed E-state index contributed by atoms with van der Waals surface area (Å²) in [6.07, 6.45) is 1.91. The van der Waals surface area contributed by atoms with E-state index < -0.39 is 11.2 Å². The zero-order valence-electron chi connectivity index (χ0n) is 15.0. The van der Waals surface area contributed by atoms with Crippen molar-refractivity contribution in [2.75, 3.05) is 0 Å². The highest BCUT2D eigenvalue weighted by Crippen LogP contribution is 2.12. The molecule has 8 heteroatoms. The molecular weight excluding hydrogens is 336 g/mol. The van der Waals surface area contributed by atoms with E-state index in [0.29, 0.717) is 11.3 Å². The third-order valence-electron chi connectivity index (χ3n) is 3.51. The maximum atomic E-state index is 11.8. The molecule has 0 fully saturated rings. The summed E-state index contributed by atoms with van der Waals surface area (Å²) in [5.41, 5.74) is 3.02. The Morgan fingerprint density at radius 2 is 1.92 bits per heavy atom. The molecule has 0 bridgehead atoms. The number of amides is 1. The summed E-state index contributed by atoms with van der Waals surface area (Å²) < 4.78 is 5.55. The van der Waals surface area contributed by atoms with Gasteiger partial charge in [0.05, 0.1) is 12.3 Å². The van der Waals surface area contributed by atoms with Crippen LogP contribution in [0.25, 0.3) is 0 Å². The predicted octanol–water partition coefficient (Wildman–Crippen LogP) is 1.24. The van der Waals surface area contributed by atoms with Gasteiger partial charge in [0.2, 0.25) is 5.91 Å². The number of aromatic nitrogens is 2. The molecule has 0 aliphatic heterocycles. The minimum absolute atomic E-state index is 0.0778. The molecule has 8 nitrogen and oxygen atoms in total. The maximum absolute atomic E-state index is 11.8. The topological polar surface area (TPSA) is 116 Å². The second-order valence-corrected chi connectivity index (χ2v) is 6.04. The molecule has 1 amide bonds. The molecule has 0 aliphatic rings. The zero-order chi connectivity index (χ0) is 19.1. The number of aromatic amines is 2. The number of benzene rings is 1. The molecule has 0 atom stereocenters. The molecule has 1 aromatic heterocycles. The molecule has 0 saturated heterocycles. The van der Waals surface area contributed by atoms with Gasteiger partial charge in [0.15, 0.2) is 0 Å². The van der Waals surface area contributed by atoms with E-state index in [2.05, 4.69) is 20.5 Å². The van der Waals surface area contributed by atoms with Gasteiger partial charge in [0.25, 0.3) is 5.56 Å². The summed E-state index contributed by atoms with van der Waals surface area (Å²) in [4.78, 5) is 39.3. The first-order valence-corrected chi connectivity index (χ1v) is 8.26. The standard InChI is InChI=1S/C18H22N4O4/c1-11(2)26-14-6-4-13(5-7-14)10-19-22-16(23)9-8-15-12(3)20-18(25)21-17(15)24/h4-7,10-11H,8-9H2,1-3H3,(H,22,23)(H2,20,21,24,25)/b19-10+. The Morgan fingerprint density at radius 1 is 1.23 bits per heavy atom. The molecule has 3 N–H and O–H groups in total. The second kappa shape index (κ2) is 8.80. The van der Waals surface area contributed by atoms with Crippen molar-refractivity contribution in [3.63, 3.8) is 0 Å². The van der Waals surface area contributed by atoms with Gasteiger partial charge in [0, 0.05) is 17.7 Å². The van der Waals surface area contributed by atoms with Crippen molar-refractivity contribution >= 4 is 12.1 Å². The highest BCUT2D eigenvalue weighted by atomic mass is 16.5. The first-order chi connectivity index (χ1) is 12.3. The quantitative estimate of drug-likeness (QED) is 0.510. The Bertz CT molecular complexity index is 895. The predicted molar refractivity (Wildman–Crippen MR) is 98.7 cm³/mol. The highest BCUT2D eigenvalue weighted by molar-refractivity contribution is 5.82. The van der Waals surface area contributed by atoms with E-state index in [1.54, 1.807) is 6.92 Å². The van der Waals surface area contributed by atoms with Gasteiger partial charge in [-0.2, -0.15) is 5.10 Å². The molecule has 1 heterocycles. The lowest BCUT2D eigenvalue weighted by Gasteiger charge is -2.09. The van der Waals surface area contributed by atoms with Crippen molar-refractivity contribution in [3.8, 4) is 5.75 Å². The van der Waals surface area contributed by atoms with Crippen LogP contribution in [-0.2, 0) is 11.2 Å². The molecular formula is C18H22N4O4. The number of hydrazone groups is 1. The third-order valence-corrected chi connectivity index (χ3v) is 3.51. The fourth-order valence-corrected chi connectivity index (χ4v) is 2.30. The lowest BCUT2D eigenvalue weighted by Crippen LogP contribution is -2.28. The molecule has 26 heavy (non-hydrogen) atoms. The molecule has 138 valence electrons. The van der Waals surface area contributed by atoms with Gasteiger partial charge in [-0.05, 0) is 57.0 Å². The van der Waals surface area contributed by atoms with Crippen LogP contribution >= 0.6 is 0 Å². The van der Waals surface area contributed by atoms with Crippen LogP contribution in [0.4, 0.5) is 0 Å². The second-order valence-electron chi connectivity index (χ2n) is 6.04. The van der Waals surface area contributed by atoms with E-state index in [4.69, 9.17) is 4.74 Å². The van der Waals surface area contributed by atoms with Gasteiger partial charge in [-0.25, -0.2) is 10.2 Å². The molecule has 0 spiro atoms. The number of nitrogens with zero attached hydrogens (tertiary/aromatic N) is 1. The van der Waals surface area contributed by atoms with Crippen LogP contribution in [0, 0.1) is 6.92 Å². The number of carbonyl (C=O) groups is 1. The van der Waals surface area contributed by atoms with Gasteiger partial charge in [-0.3, -0.25) is 14.6 Å². The first-order valence-electron chi connectivity index (χ1n) is 8.26. The van der Waals surface area contributed by atoms with E-state index in [9.17, 15) is 14.4 Å². The van der Waals surface area contributed by atoms with E-state index in [0.717, 1.165) is 11.3 Å². The van der Waals surface area contributed by atoms with Crippen molar-refractivity contribution < 1.29 is 9.53 Å². The Morgan fingerprint density at radius 3 is 2.54 bits per heavy atom. The monoisotopic (exact) mass is 358 g/mol. The van der Waals surface area contributed by atoms with Gasteiger partial charge in [-0.15, -0.1) is 0 Å². The lowest BCUT2D eigenvalue weighted by molar-refractivity contribution is -0.121. The van der Waals surface area contributed by atoms with E-state index >= 15 is 0 Å². The van der Waals surface area contributed by atoms with Crippen molar-refractivity contribution in [2.45, 2.75) is 39.7 Å². The summed E-state index contributed by atoms with van der Waals surface area (Å²) in [5.74, 6) is 0.439. The van der Waals surface area contributed by atoms with Crippen molar-refractivity contribution in [1.82, 2.24) is 15.4 Å². The minimum Gasteiger partial charge on any atom is -0.491 e. The van der Waals surface area contributed by atoms with E-state index in [-0.39, 0.29) is 24.9 Å². The molecule has 0 radical (unpaired) electrons. The summed E-state index contributed by atoms with van der Waals surface area (Å²) in [6.45, 7) is 5.52. The van der Waals surface area contributed by atoms with Crippen LogP contribution in [0.3, 0.4) is 0 Å². The number of hydrogen-bond donors (Lipinski definition) is 3. The summed E-state index contributed by atoms with van der Waals surface area (Å²) in [7, 11) is 0. The molecule has 0 aliphatic carbocycles. The Kier molecular flexibility index (Phi) is 6.48. The molecule has 2 rings (SSSR count). The number of rotatable bonds is 7. The maximum Gasteiger partial charge on any atom is 0.325 e. The van der Waals surface area contributed by atoms with Crippen LogP contribution < -0.4 is 21.4 Å². The fraction of sp³-hybridized carbons (Fsp3) is 0.333. The molecule has 1 aromatic carbocycles. The van der Waals surface area contributed by atoms with Crippen LogP contribution in [0.5, 0.6) is 5.75 Å². The summed E-state index contributed by atoms with van der Waals surface area (Å²) in [5, 5.41) is 3.89. The van der Waals surface area contributed by atoms with Gasteiger partial charge in [0.1, 0.15) is 5.75 Å². The normalized spacial score (nSPS) is 11.1. The average Bonchev–Trinajstić information content (AvgIpc) is 2.55. The SMILES string of the molecule is Cc1[nH]c(=O)[nH]c(=O)c1CCC(=O)N/N=C/c1ccc(OC(C)C)cc1. The molecule has 0 unspecified atom stereocenters. The third kappa shape index (κ3) is 5.73. The number of H-pyrrole nitrogens is 2. The fourth-order valence-electron chi connectivity index (χ4n) is 2.30. The Hall–Kier alpha value is -3.16. The number of nitrogens with one attached hydrogen (secondary N) is 3. The number of carbonyl (C=O) groups excluding carboxylic acids is 1. The van der Waals surface area contributed by atoms with Crippen molar-refractivity contribution in [2.24, 2.45) is 5.10 Å². The van der Waals surface area contributed by atoms with Gasteiger partial charge >= 0.3 is 5.69 Å². The number of hydrogen-bond acceptors (Lipinski definition) is 5. The first kappa shape index (κ1) is 19.2. The molecule has 2 aromatic rings. The zero-order valence-corrected chi connectivity index (χ0v) is 15.0. The van der Waals surface area contributed by atoms with Crippen LogP contribution in [0.1, 0.15) is 37.1 Å². The highest BCUT2D eigenvalue weighted by Gasteiger charge is 2.08. The van der Waals surface area contributed by atoms with Gasteiger partial charge in [-0.1, -0.05) is 0 Å². The summed E-state index contributed by atoms with van der Waals surface area (Å²) >= 11 is 0. The summed E-state index contributed by atoms with van der Waals surface area (Å²) in [6, 6.07) is 7.32. The van der Waals surface area contributed by atoms with E-state index in [1.165, 1.54) is 6.21 Å². The van der Waals surface area contributed by atoms with Crippen LogP contribution in [0.2, 0.25) is 0 Å². The van der Waals surface area contributed by atoms with Crippen LogP contribution in [-0.4, -0.2) is 28.2 Å². The van der Waals surface area contributed by atoms with Gasteiger partial charge < -0.3 is 9.72 Å². The average molecular weight is 358 g/mol. The molecule has 0 saturated carbocycles. The van der Waals surface area contributed by atoms with Crippen molar-refractivity contribution in [1.29, 1.82) is 0 Å². The number of aryl methyl sites for hydroxylation is 1. The Labute approximate surface area is 150 Å².